The third-order valence-electron chi connectivity index (χ3n) is 5.29. The Balaban J connectivity index is 1.83. The van der Waals surface area contributed by atoms with Crippen LogP contribution in [0.2, 0.25) is 0 Å². The van der Waals surface area contributed by atoms with Gasteiger partial charge < -0.3 is 19.5 Å². The van der Waals surface area contributed by atoms with Gasteiger partial charge in [0.15, 0.2) is 5.69 Å². The van der Waals surface area contributed by atoms with E-state index in [0.717, 1.165) is 6.07 Å². The van der Waals surface area contributed by atoms with Crippen molar-refractivity contribution in [2.45, 2.75) is 19.5 Å². The van der Waals surface area contributed by atoms with Gasteiger partial charge in [0.05, 0.1) is 36.3 Å². The minimum atomic E-state index is -4.65. The number of likely N-dealkylation sites (N-methyl/N-ethyl adjacent to an activating group) is 2. The summed E-state index contributed by atoms with van der Waals surface area (Å²) >= 11 is 0. The maximum atomic E-state index is 13.8. The van der Waals surface area contributed by atoms with Crippen LogP contribution in [0.4, 0.5) is 13.2 Å². The van der Waals surface area contributed by atoms with E-state index in [-0.39, 0.29) is 41.8 Å². The molecule has 1 amide bonds. The summed E-state index contributed by atoms with van der Waals surface area (Å²) in [6, 6.07) is 7.24. The molecule has 0 unspecified atom stereocenters. The molecule has 0 radical (unpaired) electrons. The Bertz CT molecular complexity index is 1220. The topological polar surface area (TPSA) is 96.1 Å². The van der Waals surface area contributed by atoms with Crippen molar-refractivity contribution in [2.24, 2.45) is 7.05 Å². The molecular weight excluding hydrogens is 449 g/mol. The zero-order chi connectivity index (χ0) is 24.9. The van der Waals surface area contributed by atoms with E-state index in [4.69, 9.17) is 4.74 Å². The molecule has 1 aromatic carbocycles. The van der Waals surface area contributed by atoms with Gasteiger partial charge in [0.1, 0.15) is 17.3 Å². The van der Waals surface area contributed by atoms with E-state index < -0.39 is 11.7 Å². The molecule has 180 valence electrons. The molecule has 0 spiro atoms. The molecule has 3 rings (SSSR count). The number of hydrogen-bond donors (Lipinski definition) is 1. The van der Waals surface area contributed by atoms with E-state index in [1.807, 2.05) is 13.0 Å². The molecule has 3 aromatic rings. The molecule has 0 bridgehead atoms. The number of nitrogens with zero attached hydrogens (tertiary/aromatic N) is 5. The summed E-state index contributed by atoms with van der Waals surface area (Å²) in [6.45, 7) is 2.93. The number of alkyl halides is 3. The first-order valence-corrected chi connectivity index (χ1v) is 10.7. The standard InChI is InChI=1S/C23H25F3N6O2/c1-4-32(21(33)13-28-2)8-5-9-34-20-7-6-15(10-16(20)23(24,25)26)17-11-19-22(18(12-27)30-17)29-14-31(19)3/h6-7,10-11,14,28H,4-5,8-9,13H2,1-3H3. The van der Waals surface area contributed by atoms with Crippen molar-refractivity contribution in [3.05, 3.63) is 41.9 Å². The number of carbonyl (C=O) groups excluding carboxylic acids is 1. The van der Waals surface area contributed by atoms with Gasteiger partial charge in [-0.2, -0.15) is 18.4 Å². The summed E-state index contributed by atoms with van der Waals surface area (Å²) in [4.78, 5) is 21.9. The molecule has 0 atom stereocenters. The van der Waals surface area contributed by atoms with Gasteiger partial charge >= 0.3 is 6.18 Å². The summed E-state index contributed by atoms with van der Waals surface area (Å²) < 4.78 is 48.6. The van der Waals surface area contributed by atoms with Crippen LogP contribution in [0.15, 0.2) is 30.6 Å². The second-order valence-corrected chi connectivity index (χ2v) is 7.61. The average molecular weight is 474 g/mol. The fourth-order valence-electron chi connectivity index (χ4n) is 3.55. The second kappa shape index (κ2) is 10.5. The van der Waals surface area contributed by atoms with Crippen molar-refractivity contribution in [1.82, 2.24) is 24.8 Å². The number of nitriles is 1. The molecule has 0 aliphatic carbocycles. The molecule has 2 heterocycles. The molecule has 0 saturated carbocycles. The average Bonchev–Trinajstić information content (AvgIpc) is 3.18. The van der Waals surface area contributed by atoms with Gasteiger partial charge in [-0.1, -0.05) is 0 Å². The Labute approximate surface area is 195 Å². The lowest BCUT2D eigenvalue weighted by molar-refractivity contribution is -0.138. The number of amides is 1. The normalized spacial score (nSPS) is 11.4. The fraction of sp³-hybridized carbons (Fsp3) is 0.391. The van der Waals surface area contributed by atoms with Gasteiger partial charge in [0.2, 0.25) is 5.91 Å². The monoisotopic (exact) mass is 474 g/mol. The highest BCUT2D eigenvalue weighted by Crippen LogP contribution is 2.39. The molecule has 11 heteroatoms. The highest BCUT2D eigenvalue weighted by molar-refractivity contribution is 5.84. The number of imidazole rings is 1. The number of aromatic nitrogens is 3. The van der Waals surface area contributed by atoms with Crippen LogP contribution in [0.25, 0.3) is 22.3 Å². The van der Waals surface area contributed by atoms with Crippen LogP contribution in [-0.4, -0.2) is 58.6 Å². The minimum absolute atomic E-state index is 0.0174. The van der Waals surface area contributed by atoms with E-state index in [0.29, 0.717) is 30.5 Å². The molecule has 2 aromatic heterocycles. The summed E-state index contributed by atoms with van der Waals surface area (Å²) in [5, 5.41) is 12.2. The molecule has 0 fully saturated rings. The quantitative estimate of drug-likeness (QED) is 0.478. The van der Waals surface area contributed by atoms with E-state index in [2.05, 4.69) is 15.3 Å². The number of pyridine rings is 1. The van der Waals surface area contributed by atoms with Gasteiger partial charge in [-0.25, -0.2) is 9.97 Å². The predicted molar refractivity (Wildman–Crippen MR) is 120 cm³/mol. The number of aryl methyl sites for hydroxylation is 1. The van der Waals surface area contributed by atoms with E-state index >= 15 is 0 Å². The fourth-order valence-corrected chi connectivity index (χ4v) is 3.55. The molecule has 34 heavy (non-hydrogen) atoms. The number of fused-ring (bicyclic) bond motifs is 1. The van der Waals surface area contributed by atoms with Gasteiger partial charge in [0, 0.05) is 25.7 Å². The van der Waals surface area contributed by atoms with Crippen LogP contribution in [0.5, 0.6) is 5.75 Å². The van der Waals surface area contributed by atoms with Gasteiger partial charge in [-0.05, 0) is 44.7 Å². The highest BCUT2D eigenvalue weighted by Gasteiger charge is 2.35. The zero-order valence-corrected chi connectivity index (χ0v) is 19.1. The Hall–Kier alpha value is -3.65. The third kappa shape index (κ3) is 5.46. The van der Waals surface area contributed by atoms with Gasteiger partial charge in [-0.15, -0.1) is 0 Å². The summed E-state index contributed by atoms with van der Waals surface area (Å²) in [6.07, 6.45) is -2.76. The van der Waals surface area contributed by atoms with Crippen molar-refractivity contribution in [2.75, 3.05) is 33.3 Å². The number of hydrogen-bond acceptors (Lipinski definition) is 6. The van der Waals surface area contributed by atoms with Crippen molar-refractivity contribution < 1.29 is 22.7 Å². The van der Waals surface area contributed by atoms with Crippen LogP contribution in [-0.2, 0) is 18.0 Å². The summed E-state index contributed by atoms with van der Waals surface area (Å²) in [5.41, 5.74) is 0.507. The van der Waals surface area contributed by atoms with Crippen molar-refractivity contribution >= 4 is 16.9 Å². The lowest BCUT2D eigenvalue weighted by Crippen LogP contribution is -2.38. The first kappa shape index (κ1) is 25.0. The third-order valence-corrected chi connectivity index (χ3v) is 5.29. The second-order valence-electron chi connectivity index (χ2n) is 7.61. The SMILES string of the molecule is CCN(CCCOc1ccc(-c2cc3c(ncn3C)c(C#N)n2)cc1C(F)(F)F)C(=O)CNC. The van der Waals surface area contributed by atoms with Gasteiger partial charge in [-0.3, -0.25) is 4.79 Å². The van der Waals surface area contributed by atoms with Crippen LogP contribution in [0, 0.1) is 11.3 Å². The smallest absolute Gasteiger partial charge is 0.419 e. The van der Waals surface area contributed by atoms with Crippen LogP contribution < -0.4 is 10.1 Å². The maximum Gasteiger partial charge on any atom is 0.419 e. The Morgan fingerprint density at radius 2 is 2.09 bits per heavy atom. The number of rotatable bonds is 9. The number of ether oxygens (including phenoxy) is 1. The molecule has 0 aliphatic heterocycles. The van der Waals surface area contributed by atoms with Crippen LogP contribution in [0.3, 0.4) is 0 Å². The van der Waals surface area contributed by atoms with E-state index in [9.17, 15) is 23.2 Å². The molecule has 1 N–H and O–H groups in total. The van der Waals surface area contributed by atoms with Crippen molar-refractivity contribution in [3.63, 3.8) is 0 Å². The molecule has 0 saturated heterocycles. The molecule has 0 aliphatic rings. The zero-order valence-electron chi connectivity index (χ0n) is 19.1. The lowest BCUT2D eigenvalue weighted by Gasteiger charge is -2.21. The van der Waals surface area contributed by atoms with Crippen LogP contribution in [0.1, 0.15) is 24.6 Å². The van der Waals surface area contributed by atoms with Crippen LogP contribution >= 0.6 is 0 Å². The Morgan fingerprint density at radius 3 is 2.74 bits per heavy atom. The number of nitrogens with one attached hydrogen (secondary N) is 1. The van der Waals surface area contributed by atoms with E-state index in [1.165, 1.54) is 18.5 Å². The molecular formula is C23H25F3N6O2. The highest BCUT2D eigenvalue weighted by atomic mass is 19.4. The van der Waals surface area contributed by atoms with Crippen molar-refractivity contribution in [1.29, 1.82) is 5.26 Å². The van der Waals surface area contributed by atoms with Crippen molar-refractivity contribution in [3.8, 4) is 23.1 Å². The maximum absolute atomic E-state index is 13.8. The lowest BCUT2D eigenvalue weighted by atomic mass is 10.1. The number of benzene rings is 1. The first-order valence-electron chi connectivity index (χ1n) is 10.7. The predicted octanol–water partition coefficient (Wildman–Crippen LogP) is 3.36. The number of halogens is 3. The van der Waals surface area contributed by atoms with Gasteiger partial charge in [0.25, 0.3) is 0 Å². The first-order chi connectivity index (χ1) is 16.2. The largest absolute Gasteiger partial charge is 0.493 e. The number of carbonyl (C=O) groups is 1. The van der Waals surface area contributed by atoms with E-state index in [1.54, 1.807) is 29.6 Å². The Morgan fingerprint density at radius 1 is 1.32 bits per heavy atom. The molecule has 8 nitrogen and oxygen atoms in total. The summed E-state index contributed by atoms with van der Waals surface area (Å²) in [7, 11) is 3.40. The minimum Gasteiger partial charge on any atom is -0.493 e. The summed E-state index contributed by atoms with van der Waals surface area (Å²) in [5.74, 6) is -0.386. The Kier molecular flexibility index (Phi) is 7.73.